The van der Waals surface area contributed by atoms with Crippen LogP contribution in [0.2, 0.25) is 0 Å². The Bertz CT molecular complexity index is 576. The number of halogens is 1. The van der Waals surface area contributed by atoms with Crippen molar-refractivity contribution in [1.82, 2.24) is 10.6 Å². The quantitative estimate of drug-likeness (QED) is 0.479. The number of nitrogens with zero attached hydrogens (tertiary/aromatic N) is 1. The number of hydrogen-bond acceptors (Lipinski definition) is 5. The molecule has 0 bridgehead atoms. The second kappa shape index (κ2) is 5.74. The maximum absolute atomic E-state index is 13.4. The number of hydrogen-bond donors (Lipinski definition) is 2. The number of rotatable bonds is 4. The van der Waals surface area contributed by atoms with Gasteiger partial charge in [0.25, 0.3) is 0 Å². The van der Waals surface area contributed by atoms with E-state index < -0.39 is 28.4 Å². The van der Waals surface area contributed by atoms with E-state index in [0.717, 1.165) is 12.1 Å². The van der Waals surface area contributed by atoms with Crippen LogP contribution < -0.4 is 10.6 Å². The van der Waals surface area contributed by atoms with Gasteiger partial charge in [0.15, 0.2) is 0 Å². The van der Waals surface area contributed by atoms with Crippen molar-refractivity contribution >= 4 is 17.5 Å². The molecule has 8 heteroatoms. The first-order valence-corrected chi connectivity index (χ1v) is 5.97. The summed E-state index contributed by atoms with van der Waals surface area (Å²) in [6.45, 7) is 0.182. The van der Waals surface area contributed by atoms with Crippen LogP contribution in [-0.2, 0) is 16.1 Å². The van der Waals surface area contributed by atoms with Crippen LogP contribution in [0.3, 0.4) is 0 Å². The summed E-state index contributed by atoms with van der Waals surface area (Å²) < 4.78 is 13.4. The van der Waals surface area contributed by atoms with E-state index in [1.807, 2.05) is 0 Å². The fourth-order valence-electron chi connectivity index (χ4n) is 1.94. The zero-order valence-corrected chi connectivity index (χ0v) is 10.4. The zero-order chi connectivity index (χ0) is 14.7. The normalized spacial score (nSPS) is 18.8. The summed E-state index contributed by atoms with van der Waals surface area (Å²) in [5.41, 5.74) is -0.104. The molecule has 2 rings (SSSR count). The number of nitrogens with one attached hydrogen (secondary N) is 2. The molecule has 0 aromatic heterocycles. The lowest BCUT2D eigenvalue weighted by molar-refractivity contribution is -0.387. The molecular formula is C12H12FN3O4. The summed E-state index contributed by atoms with van der Waals surface area (Å²) in [6, 6.07) is 3.03. The zero-order valence-electron chi connectivity index (χ0n) is 10.4. The summed E-state index contributed by atoms with van der Waals surface area (Å²) in [5, 5.41) is 15.6. The topological polar surface area (TPSA) is 101 Å². The van der Waals surface area contributed by atoms with E-state index in [-0.39, 0.29) is 18.9 Å². The molecule has 7 nitrogen and oxygen atoms in total. The average molecular weight is 281 g/mol. The number of piperidine rings is 1. The number of imide groups is 1. The molecule has 1 unspecified atom stereocenters. The van der Waals surface area contributed by atoms with Gasteiger partial charge in [-0.25, -0.2) is 0 Å². The summed E-state index contributed by atoms with van der Waals surface area (Å²) >= 11 is 0. The van der Waals surface area contributed by atoms with Crippen LogP contribution in [0, 0.1) is 15.9 Å². The second-order valence-electron chi connectivity index (χ2n) is 4.43. The Kier molecular flexibility index (Phi) is 4.04. The van der Waals surface area contributed by atoms with E-state index in [1.54, 1.807) is 0 Å². The molecule has 0 radical (unpaired) electrons. The SMILES string of the molecule is O=C1CCC(NCc2ccc([N+](=O)[O-])c(F)c2)C(=O)N1. The van der Waals surface area contributed by atoms with E-state index >= 15 is 0 Å². The van der Waals surface area contributed by atoms with Crippen LogP contribution >= 0.6 is 0 Å². The minimum Gasteiger partial charge on any atom is -0.302 e. The molecule has 0 spiro atoms. The first-order chi connectivity index (χ1) is 9.47. The van der Waals surface area contributed by atoms with Gasteiger partial charge < -0.3 is 5.32 Å². The number of carbonyl (C=O) groups excluding carboxylic acids is 2. The van der Waals surface area contributed by atoms with E-state index in [9.17, 15) is 24.1 Å². The third-order valence-corrected chi connectivity index (χ3v) is 3.00. The van der Waals surface area contributed by atoms with Gasteiger partial charge in [-0.3, -0.25) is 25.0 Å². The van der Waals surface area contributed by atoms with Gasteiger partial charge in [0, 0.05) is 19.0 Å². The van der Waals surface area contributed by atoms with Gasteiger partial charge in [-0.15, -0.1) is 0 Å². The predicted molar refractivity (Wildman–Crippen MR) is 66.1 cm³/mol. The lowest BCUT2D eigenvalue weighted by Crippen LogP contribution is -2.50. The average Bonchev–Trinajstić information content (AvgIpc) is 2.37. The lowest BCUT2D eigenvalue weighted by Gasteiger charge is -2.21. The van der Waals surface area contributed by atoms with Crippen LogP contribution in [0.15, 0.2) is 18.2 Å². The molecule has 1 aliphatic heterocycles. The third-order valence-electron chi connectivity index (χ3n) is 3.00. The van der Waals surface area contributed by atoms with Crippen LogP contribution in [0.5, 0.6) is 0 Å². The Hall–Kier alpha value is -2.35. The maximum atomic E-state index is 13.4. The van der Waals surface area contributed by atoms with Crippen LogP contribution in [-0.4, -0.2) is 22.8 Å². The highest BCUT2D eigenvalue weighted by Crippen LogP contribution is 2.18. The van der Waals surface area contributed by atoms with Crippen molar-refractivity contribution in [2.75, 3.05) is 0 Å². The van der Waals surface area contributed by atoms with Crippen molar-refractivity contribution < 1.29 is 18.9 Å². The molecule has 0 saturated carbocycles. The van der Waals surface area contributed by atoms with Crippen molar-refractivity contribution in [3.05, 3.63) is 39.7 Å². The Balaban J connectivity index is 1.97. The van der Waals surface area contributed by atoms with Crippen molar-refractivity contribution in [2.45, 2.75) is 25.4 Å². The number of nitro groups is 1. The molecular weight excluding hydrogens is 269 g/mol. The van der Waals surface area contributed by atoms with Crippen molar-refractivity contribution in [2.24, 2.45) is 0 Å². The molecule has 20 heavy (non-hydrogen) atoms. The van der Waals surface area contributed by atoms with Gasteiger partial charge >= 0.3 is 5.69 Å². The van der Waals surface area contributed by atoms with Crippen molar-refractivity contribution in [1.29, 1.82) is 0 Å². The molecule has 1 aromatic carbocycles. The van der Waals surface area contributed by atoms with Crippen molar-refractivity contribution in [3.8, 4) is 0 Å². The fourth-order valence-corrected chi connectivity index (χ4v) is 1.94. The highest BCUT2D eigenvalue weighted by Gasteiger charge is 2.26. The standard InChI is InChI=1S/C12H12FN3O4/c13-8-5-7(1-3-10(8)16(19)20)6-14-9-2-4-11(17)15-12(9)18/h1,3,5,9,14H,2,4,6H2,(H,15,17,18). The number of nitro benzene ring substituents is 1. The molecule has 106 valence electrons. The third kappa shape index (κ3) is 3.15. The molecule has 2 amide bonds. The Morgan fingerprint density at radius 3 is 2.80 bits per heavy atom. The largest absolute Gasteiger partial charge is 0.304 e. The van der Waals surface area contributed by atoms with E-state index in [2.05, 4.69) is 10.6 Å². The highest BCUT2D eigenvalue weighted by molar-refractivity contribution is 6.00. The molecule has 1 aromatic rings. The second-order valence-corrected chi connectivity index (χ2v) is 4.43. The van der Waals surface area contributed by atoms with Gasteiger partial charge in [-0.1, -0.05) is 6.07 Å². The van der Waals surface area contributed by atoms with Gasteiger partial charge in [0.05, 0.1) is 11.0 Å². The van der Waals surface area contributed by atoms with Crippen LogP contribution in [0.1, 0.15) is 18.4 Å². The first kappa shape index (κ1) is 14.1. The summed E-state index contributed by atoms with van der Waals surface area (Å²) in [6.07, 6.45) is 0.623. The van der Waals surface area contributed by atoms with Gasteiger partial charge in [0.1, 0.15) is 0 Å². The maximum Gasteiger partial charge on any atom is 0.304 e. The van der Waals surface area contributed by atoms with E-state index in [4.69, 9.17) is 0 Å². The Morgan fingerprint density at radius 1 is 1.45 bits per heavy atom. The summed E-state index contributed by atoms with van der Waals surface area (Å²) in [5.74, 6) is -1.64. The molecule has 1 aliphatic rings. The van der Waals surface area contributed by atoms with Gasteiger partial charge in [-0.05, 0) is 18.1 Å². The number of benzene rings is 1. The fraction of sp³-hybridized carbons (Fsp3) is 0.333. The molecule has 0 aliphatic carbocycles. The van der Waals surface area contributed by atoms with Crippen molar-refractivity contribution in [3.63, 3.8) is 0 Å². The molecule has 1 saturated heterocycles. The lowest BCUT2D eigenvalue weighted by atomic mass is 10.1. The molecule has 1 heterocycles. The molecule has 1 atom stereocenters. The number of amides is 2. The monoisotopic (exact) mass is 281 g/mol. The first-order valence-electron chi connectivity index (χ1n) is 5.97. The van der Waals surface area contributed by atoms with E-state index in [1.165, 1.54) is 6.07 Å². The molecule has 1 fully saturated rings. The minimum atomic E-state index is -0.919. The van der Waals surface area contributed by atoms with Crippen LogP contribution in [0.25, 0.3) is 0 Å². The van der Waals surface area contributed by atoms with Gasteiger partial charge in [-0.2, -0.15) is 4.39 Å². The Morgan fingerprint density at radius 2 is 2.20 bits per heavy atom. The van der Waals surface area contributed by atoms with E-state index in [0.29, 0.717) is 12.0 Å². The smallest absolute Gasteiger partial charge is 0.302 e. The molecule has 2 N–H and O–H groups in total. The summed E-state index contributed by atoms with van der Waals surface area (Å²) in [4.78, 5) is 32.1. The highest BCUT2D eigenvalue weighted by atomic mass is 19.1. The van der Waals surface area contributed by atoms with Crippen LogP contribution in [0.4, 0.5) is 10.1 Å². The Labute approximate surface area is 113 Å². The summed E-state index contributed by atoms with van der Waals surface area (Å²) in [7, 11) is 0. The predicted octanol–water partition coefficient (Wildman–Crippen LogP) is 0.629. The number of carbonyl (C=O) groups is 2. The minimum absolute atomic E-state index is 0.182. The van der Waals surface area contributed by atoms with Gasteiger partial charge in [0.2, 0.25) is 17.6 Å².